The topological polar surface area (TPSA) is 140 Å². The summed E-state index contributed by atoms with van der Waals surface area (Å²) >= 11 is 0. The lowest BCUT2D eigenvalue weighted by molar-refractivity contribution is 0.0700. The summed E-state index contributed by atoms with van der Waals surface area (Å²) in [7, 11) is 3.62. The molecular formula is C33H33N9O2. The van der Waals surface area contributed by atoms with Gasteiger partial charge in [0.05, 0.1) is 30.2 Å². The lowest BCUT2D eigenvalue weighted by Crippen LogP contribution is -2.41. The summed E-state index contributed by atoms with van der Waals surface area (Å²) in [5.41, 5.74) is 11.5. The number of anilines is 2. The number of nitriles is 1. The van der Waals surface area contributed by atoms with Gasteiger partial charge in [-0.15, -0.1) is 0 Å². The number of piperidine rings is 1. The number of benzene rings is 1. The number of aromatic nitrogens is 5. The molecular weight excluding hydrogens is 554 g/mol. The highest BCUT2D eigenvalue weighted by Crippen LogP contribution is 2.40. The molecule has 3 N–H and O–H groups in total. The van der Waals surface area contributed by atoms with Gasteiger partial charge >= 0.3 is 0 Å². The Balaban J connectivity index is 1.19. The monoisotopic (exact) mass is 587 g/mol. The smallest absolute Gasteiger partial charge is 0.254 e. The number of ether oxygens (including phenoxy) is 1. The standard InChI is InChI=1S/C33H33N9O2/c1-40-30-24(11-21(13-27(30)44-2)33(43)42-17-20-5-9-25(42)29(20)35)38-32(40)26-12-19-6-10-28(37-23-8-7-22(14-34)36-15-23)39-31(19)41(26)16-18-3-4-18/h6-8,10-13,15,18,20,25,29H,3-5,9,16-17,35H2,1-2H3,(H,37,39)/t20-,25-,29-/m1/s1. The number of fused-ring (bicyclic) bond motifs is 4. The van der Waals surface area contributed by atoms with Crippen LogP contribution < -0.4 is 15.8 Å². The van der Waals surface area contributed by atoms with Crippen LogP contribution in [0.25, 0.3) is 33.6 Å². The number of methoxy groups -OCH3 is 1. The molecule has 3 atom stereocenters. The number of amides is 1. The average molecular weight is 588 g/mol. The number of carbonyl (C=O) groups excluding carboxylic acids is 1. The number of hydrogen-bond acceptors (Lipinski definition) is 8. The number of pyridine rings is 2. The van der Waals surface area contributed by atoms with Gasteiger partial charge in [-0.1, -0.05) is 0 Å². The minimum Gasteiger partial charge on any atom is -0.494 e. The maximum atomic E-state index is 13.7. The van der Waals surface area contributed by atoms with E-state index in [1.807, 2.05) is 42.3 Å². The molecule has 222 valence electrons. The number of nitrogens with two attached hydrogens (primary N) is 1. The molecule has 5 aromatic rings. The van der Waals surface area contributed by atoms with Crippen molar-refractivity contribution in [2.45, 2.75) is 44.3 Å². The first-order valence-electron chi connectivity index (χ1n) is 15.2. The Morgan fingerprint density at radius 3 is 2.68 bits per heavy atom. The molecule has 2 saturated carbocycles. The molecule has 2 bridgehead atoms. The molecule has 4 aromatic heterocycles. The van der Waals surface area contributed by atoms with Gasteiger partial charge < -0.3 is 29.8 Å². The number of likely N-dealkylation sites (tertiary alicyclic amines) is 1. The van der Waals surface area contributed by atoms with E-state index >= 15 is 0 Å². The van der Waals surface area contributed by atoms with Crippen molar-refractivity contribution < 1.29 is 9.53 Å². The highest BCUT2D eigenvalue weighted by atomic mass is 16.5. The van der Waals surface area contributed by atoms with Crippen molar-refractivity contribution in [3.63, 3.8) is 0 Å². The van der Waals surface area contributed by atoms with E-state index in [1.54, 1.807) is 19.4 Å². The summed E-state index contributed by atoms with van der Waals surface area (Å²) in [5, 5.41) is 13.4. The predicted molar refractivity (Wildman–Crippen MR) is 166 cm³/mol. The first-order chi connectivity index (χ1) is 21.4. The lowest BCUT2D eigenvalue weighted by atomic mass is 10.1. The van der Waals surface area contributed by atoms with Gasteiger partial charge in [-0.3, -0.25) is 4.79 Å². The fourth-order valence-electron chi connectivity index (χ4n) is 7.07. The van der Waals surface area contributed by atoms with Gasteiger partial charge in [-0.2, -0.15) is 5.26 Å². The zero-order valence-corrected chi connectivity index (χ0v) is 24.7. The van der Waals surface area contributed by atoms with Crippen LogP contribution >= 0.6 is 0 Å². The third kappa shape index (κ3) is 4.28. The van der Waals surface area contributed by atoms with Gasteiger partial charge in [0.1, 0.15) is 34.5 Å². The molecule has 3 aliphatic rings. The van der Waals surface area contributed by atoms with Crippen LogP contribution in [0.4, 0.5) is 11.5 Å². The van der Waals surface area contributed by atoms with Crippen molar-refractivity contribution in [1.82, 2.24) is 29.0 Å². The van der Waals surface area contributed by atoms with E-state index in [0.717, 1.165) is 53.1 Å². The van der Waals surface area contributed by atoms with E-state index in [1.165, 1.54) is 12.8 Å². The molecule has 8 rings (SSSR count). The fraction of sp³-hybridized carbons (Fsp3) is 0.364. The molecule has 0 spiro atoms. The molecule has 5 heterocycles. The molecule has 1 saturated heterocycles. The van der Waals surface area contributed by atoms with Gasteiger partial charge in [-0.05, 0) is 80.0 Å². The second kappa shape index (κ2) is 10.1. The molecule has 0 radical (unpaired) electrons. The van der Waals surface area contributed by atoms with Crippen molar-refractivity contribution in [3.8, 4) is 23.3 Å². The Morgan fingerprint density at radius 1 is 1.14 bits per heavy atom. The maximum Gasteiger partial charge on any atom is 0.254 e. The highest BCUT2D eigenvalue weighted by Gasteiger charge is 2.47. The average Bonchev–Trinajstić information content (AvgIpc) is 3.45. The summed E-state index contributed by atoms with van der Waals surface area (Å²) in [5.74, 6) is 3.07. The SMILES string of the molecule is COc1cc(C(=O)N2C[C@H]3CC[C@@H]2[C@@H]3N)cc2nc(-c3cc4ccc(Nc5ccc(C#N)nc5)nc4n3CC3CC3)n(C)c12. The van der Waals surface area contributed by atoms with Crippen molar-refractivity contribution >= 4 is 39.5 Å². The number of imidazole rings is 1. The molecule has 1 amide bonds. The number of nitrogens with one attached hydrogen (secondary N) is 1. The normalized spacial score (nSPS) is 20.9. The second-order valence-corrected chi connectivity index (χ2v) is 12.3. The van der Waals surface area contributed by atoms with Crippen molar-refractivity contribution in [1.29, 1.82) is 5.26 Å². The Labute approximate surface area is 254 Å². The molecule has 0 unspecified atom stereocenters. The summed E-state index contributed by atoms with van der Waals surface area (Å²) in [6.07, 6.45) is 6.07. The molecule has 44 heavy (non-hydrogen) atoms. The van der Waals surface area contributed by atoms with Crippen LogP contribution in [0, 0.1) is 23.2 Å². The summed E-state index contributed by atoms with van der Waals surface area (Å²) in [6.45, 7) is 1.56. The number of nitrogens with zero attached hydrogens (tertiary/aromatic N) is 7. The molecule has 11 nitrogen and oxygen atoms in total. The van der Waals surface area contributed by atoms with E-state index in [2.05, 4.69) is 31.6 Å². The molecule has 1 aromatic carbocycles. The first-order valence-corrected chi connectivity index (χ1v) is 15.2. The first kappa shape index (κ1) is 26.7. The van der Waals surface area contributed by atoms with Crippen molar-refractivity contribution in [2.24, 2.45) is 24.6 Å². The Kier molecular flexibility index (Phi) is 6.10. The van der Waals surface area contributed by atoms with E-state index in [9.17, 15) is 4.79 Å². The van der Waals surface area contributed by atoms with Crippen LogP contribution in [-0.4, -0.2) is 60.6 Å². The van der Waals surface area contributed by atoms with Gasteiger partial charge in [0.25, 0.3) is 5.91 Å². The number of rotatable bonds is 7. The Hall–Kier alpha value is -4.95. The molecule has 1 aliphatic heterocycles. The van der Waals surface area contributed by atoms with E-state index in [-0.39, 0.29) is 18.0 Å². The van der Waals surface area contributed by atoms with E-state index in [4.69, 9.17) is 25.7 Å². The van der Waals surface area contributed by atoms with E-state index < -0.39 is 0 Å². The Morgan fingerprint density at radius 2 is 2.00 bits per heavy atom. The van der Waals surface area contributed by atoms with E-state index in [0.29, 0.717) is 46.7 Å². The number of carbonyl (C=O) groups is 1. The maximum absolute atomic E-state index is 13.7. The Bertz CT molecular complexity index is 1980. The third-order valence-electron chi connectivity index (χ3n) is 9.58. The summed E-state index contributed by atoms with van der Waals surface area (Å²) in [6, 6.07) is 15.6. The minimum atomic E-state index is -0.00964. The van der Waals surface area contributed by atoms with Gasteiger partial charge in [0, 0.05) is 43.2 Å². The lowest BCUT2D eigenvalue weighted by Gasteiger charge is -2.27. The number of hydrogen-bond donors (Lipinski definition) is 2. The number of aryl methyl sites for hydroxylation is 1. The van der Waals surface area contributed by atoms with Crippen LogP contribution in [0.1, 0.15) is 41.7 Å². The van der Waals surface area contributed by atoms with Crippen LogP contribution in [0.15, 0.2) is 48.7 Å². The molecule has 3 fully saturated rings. The van der Waals surface area contributed by atoms with Gasteiger partial charge in [0.15, 0.2) is 5.82 Å². The van der Waals surface area contributed by atoms with Crippen LogP contribution in [0.5, 0.6) is 5.75 Å². The predicted octanol–water partition coefficient (Wildman–Crippen LogP) is 4.58. The zero-order valence-electron chi connectivity index (χ0n) is 24.7. The second-order valence-electron chi connectivity index (χ2n) is 12.3. The minimum absolute atomic E-state index is 0.00964. The molecule has 2 aliphatic carbocycles. The third-order valence-corrected chi connectivity index (χ3v) is 9.58. The van der Waals surface area contributed by atoms with Crippen LogP contribution in [0.2, 0.25) is 0 Å². The van der Waals surface area contributed by atoms with Crippen molar-refractivity contribution in [3.05, 3.63) is 59.9 Å². The summed E-state index contributed by atoms with van der Waals surface area (Å²) in [4.78, 5) is 29.9. The van der Waals surface area contributed by atoms with Crippen molar-refractivity contribution in [2.75, 3.05) is 19.0 Å². The zero-order chi connectivity index (χ0) is 30.1. The van der Waals surface area contributed by atoms with Crippen LogP contribution in [0.3, 0.4) is 0 Å². The van der Waals surface area contributed by atoms with Gasteiger partial charge in [0.2, 0.25) is 0 Å². The largest absolute Gasteiger partial charge is 0.494 e. The van der Waals surface area contributed by atoms with Gasteiger partial charge in [-0.25, -0.2) is 15.0 Å². The quantitative estimate of drug-likeness (QED) is 0.282. The molecule has 11 heteroatoms. The van der Waals surface area contributed by atoms with Crippen LogP contribution in [-0.2, 0) is 13.6 Å². The highest BCUT2D eigenvalue weighted by molar-refractivity contribution is 6.00. The summed E-state index contributed by atoms with van der Waals surface area (Å²) < 4.78 is 10.2. The fourth-order valence-corrected chi connectivity index (χ4v) is 7.07.